The normalized spacial score (nSPS) is 11.5. The van der Waals surface area contributed by atoms with E-state index in [1.54, 1.807) is 32.4 Å². The molecular weight excluding hydrogens is 426 g/mol. The van der Waals surface area contributed by atoms with Gasteiger partial charge in [-0.05, 0) is 30.7 Å². The Bertz CT molecular complexity index is 1390. The number of hydrogen-bond donors (Lipinski definition) is 2. The zero-order chi connectivity index (χ0) is 22.7. The molecule has 166 valence electrons. The molecule has 32 heavy (non-hydrogen) atoms. The molecule has 1 aromatic heterocycles. The maximum absolute atomic E-state index is 12.1. The monoisotopic (exact) mass is 451 g/mol. The van der Waals surface area contributed by atoms with Crippen molar-refractivity contribution < 1.29 is 17.9 Å². The molecule has 0 aliphatic carbocycles. The number of anilines is 3. The molecule has 0 saturated carbocycles. The lowest BCUT2D eigenvalue weighted by molar-refractivity contribution is 0.417. The molecule has 0 atom stereocenters. The maximum atomic E-state index is 12.1. The summed E-state index contributed by atoms with van der Waals surface area (Å²) in [5.74, 6) is 1.26. The summed E-state index contributed by atoms with van der Waals surface area (Å²) in [7, 11) is -0.218. The second-order valence-corrected chi connectivity index (χ2v) is 9.16. The third kappa shape index (κ3) is 4.27. The Hall–Kier alpha value is -3.52. The van der Waals surface area contributed by atoms with Crippen LogP contribution in [0.2, 0.25) is 0 Å². The van der Waals surface area contributed by atoms with Crippen molar-refractivity contribution in [3.05, 3.63) is 60.7 Å². The predicted octanol–water partition coefficient (Wildman–Crippen LogP) is 5.30. The third-order valence-corrected chi connectivity index (χ3v) is 6.59. The van der Waals surface area contributed by atoms with Gasteiger partial charge in [-0.3, -0.25) is 4.72 Å². The molecule has 0 radical (unpaired) electrons. The van der Waals surface area contributed by atoms with E-state index in [1.165, 1.54) is 0 Å². The zero-order valence-electron chi connectivity index (χ0n) is 18.2. The number of para-hydroxylation sites is 2. The fourth-order valence-corrected chi connectivity index (χ4v) is 4.80. The molecule has 0 fully saturated rings. The molecule has 0 aliphatic rings. The molecule has 0 amide bonds. The Morgan fingerprint density at radius 3 is 2.41 bits per heavy atom. The largest absolute Gasteiger partial charge is 0.494 e. The second kappa shape index (κ2) is 8.92. The van der Waals surface area contributed by atoms with Crippen molar-refractivity contribution in [1.29, 1.82) is 0 Å². The molecular formula is C24H25N3O4S. The van der Waals surface area contributed by atoms with Crippen LogP contribution < -0.4 is 19.5 Å². The lowest BCUT2D eigenvalue weighted by atomic mass is 10.1. The summed E-state index contributed by atoms with van der Waals surface area (Å²) in [5.41, 5.74) is 3.59. The minimum absolute atomic E-state index is 0.0617. The van der Waals surface area contributed by atoms with Crippen molar-refractivity contribution in [3.8, 4) is 11.5 Å². The summed E-state index contributed by atoms with van der Waals surface area (Å²) in [5, 5.41) is 5.33. The van der Waals surface area contributed by atoms with Gasteiger partial charge in [0, 0.05) is 16.8 Å². The van der Waals surface area contributed by atoms with Crippen LogP contribution in [0, 0.1) is 0 Å². The first-order valence-electron chi connectivity index (χ1n) is 10.3. The number of nitrogens with one attached hydrogen (secondary N) is 2. The molecule has 2 N–H and O–H groups in total. The van der Waals surface area contributed by atoms with Gasteiger partial charge >= 0.3 is 0 Å². The Labute approximate surface area is 187 Å². The van der Waals surface area contributed by atoms with E-state index in [1.807, 2.05) is 49.4 Å². The number of nitrogens with zero attached hydrogens (tertiary/aromatic N) is 1. The van der Waals surface area contributed by atoms with Crippen LogP contribution in [0.25, 0.3) is 21.8 Å². The number of rotatable bonds is 8. The number of methoxy groups -OCH3 is 2. The van der Waals surface area contributed by atoms with Gasteiger partial charge in [0.2, 0.25) is 10.0 Å². The highest BCUT2D eigenvalue weighted by Gasteiger charge is 2.15. The number of sulfonamides is 1. The number of ether oxygens (including phenoxy) is 2. The highest BCUT2D eigenvalue weighted by atomic mass is 32.2. The molecule has 8 heteroatoms. The van der Waals surface area contributed by atoms with E-state index in [-0.39, 0.29) is 5.75 Å². The lowest BCUT2D eigenvalue weighted by Crippen LogP contribution is -2.16. The Morgan fingerprint density at radius 2 is 1.66 bits per heavy atom. The summed E-state index contributed by atoms with van der Waals surface area (Å²) in [6, 6.07) is 18.8. The average Bonchev–Trinajstić information content (AvgIpc) is 2.79. The molecule has 0 unspecified atom stereocenters. The highest BCUT2D eigenvalue weighted by molar-refractivity contribution is 7.92. The summed E-state index contributed by atoms with van der Waals surface area (Å²) in [6.07, 6.45) is 0.539. The Kier molecular flexibility index (Phi) is 6.05. The summed E-state index contributed by atoms with van der Waals surface area (Å²) in [6.45, 7) is 1.82. The molecule has 7 nitrogen and oxygen atoms in total. The van der Waals surface area contributed by atoms with Crippen LogP contribution in [0.1, 0.15) is 13.3 Å². The van der Waals surface area contributed by atoms with Crippen molar-refractivity contribution in [2.75, 3.05) is 30.0 Å². The van der Waals surface area contributed by atoms with Gasteiger partial charge in [-0.2, -0.15) is 0 Å². The molecule has 3 aromatic carbocycles. The van der Waals surface area contributed by atoms with Crippen LogP contribution in [0.5, 0.6) is 11.5 Å². The molecule has 4 aromatic rings. The van der Waals surface area contributed by atoms with Crippen LogP contribution >= 0.6 is 0 Å². The van der Waals surface area contributed by atoms with Crippen molar-refractivity contribution in [2.24, 2.45) is 0 Å². The number of aromatic nitrogens is 1. The van der Waals surface area contributed by atoms with Gasteiger partial charge in [-0.1, -0.05) is 37.3 Å². The van der Waals surface area contributed by atoms with Gasteiger partial charge in [0.15, 0.2) is 0 Å². The van der Waals surface area contributed by atoms with Crippen LogP contribution in [0.15, 0.2) is 60.7 Å². The van der Waals surface area contributed by atoms with Gasteiger partial charge < -0.3 is 14.8 Å². The lowest BCUT2D eigenvalue weighted by Gasteiger charge is -2.17. The van der Waals surface area contributed by atoms with E-state index in [2.05, 4.69) is 10.0 Å². The van der Waals surface area contributed by atoms with E-state index in [0.717, 1.165) is 27.5 Å². The Balaban J connectivity index is 1.82. The highest BCUT2D eigenvalue weighted by Crippen LogP contribution is 2.39. The first-order valence-corrected chi connectivity index (χ1v) is 11.9. The third-order valence-electron chi connectivity index (χ3n) is 5.10. The van der Waals surface area contributed by atoms with Gasteiger partial charge in [0.25, 0.3) is 0 Å². The average molecular weight is 452 g/mol. The van der Waals surface area contributed by atoms with Crippen LogP contribution in [-0.2, 0) is 10.0 Å². The van der Waals surface area contributed by atoms with E-state index < -0.39 is 10.0 Å². The minimum atomic E-state index is -3.39. The molecule has 0 saturated heterocycles. The fraction of sp³-hybridized carbons (Fsp3) is 0.208. The number of hydrogen-bond acceptors (Lipinski definition) is 6. The fourth-order valence-electron chi connectivity index (χ4n) is 3.68. The van der Waals surface area contributed by atoms with Crippen molar-refractivity contribution in [1.82, 2.24) is 4.98 Å². The molecule has 4 rings (SSSR count). The zero-order valence-corrected chi connectivity index (χ0v) is 19.0. The number of benzene rings is 3. The van der Waals surface area contributed by atoms with Gasteiger partial charge in [-0.15, -0.1) is 0 Å². The number of fused-ring (bicyclic) bond motifs is 2. The SMILES string of the molecule is CCCS(=O)(=O)Nc1ccc(Nc2c3ccccc3nc3c(OC)cccc23)c(OC)c1. The van der Waals surface area contributed by atoms with Gasteiger partial charge in [-0.25, -0.2) is 13.4 Å². The van der Waals surface area contributed by atoms with E-state index in [9.17, 15) is 8.42 Å². The van der Waals surface area contributed by atoms with Crippen LogP contribution in [0.3, 0.4) is 0 Å². The predicted molar refractivity (Wildman–Crippen MR) is 130 cm³/mol. The summed E-state index contributed by atoms with van der Waals surface area (Å²) >= 11 is 0. The maximum Gasteiger partial charge on any atom is 0.232 e. The van der Waals surface area contributed by atoms with Crippen molar-refractivity contribution >= 4 is 48.9 Å². The van der Waals surface area contributed by atoms with Gasteiger partial charge in [0.05, 0.1) is 42.6 Å². The molecule has 0 bridgehead atoms. The van der Waals surface area contributed by atoms with E-state index in [0.29, 0.717) is 29.3 Å². The Morgan fingerprint density at radius 1 is 0.906 bits per heavy atom. The topological polar surface area (TPSA) is 89.6 Å². The first kappa shape index (κ1) is 21.7. The first-order chi connectivity index (χ1) is 15.5. The minimum Gasteiger partial charge on any atom is -0.494 e. The van der Waals surface area contributed by atoms with Gasteiger partial charge in [0.1, 0.15) is 17.0 Å². The van der Waals surface area contributed by atoms with Crippen molar-refractivity contribution in [2.45, 2.75) is 13.3 Å². The second-order valence-electron chi connectivity index (χ2n) is 7.32. The smallest absolute Gasteiger partial charge is 0.232 e. The quantitative estimate of drug-likeness (QED) is 0.353. The van der Waals surface area contributed by atoms with Crippen LogP contribution in [-0.4, -0.2) is 33.4 Å². The van der Waals surface area contributed by atoms with E-state index >= 15 is 0 Å². The van der Waals surface area contributed by atoms with Crippen molar-refractivity contribution in [3.63, 3.8) is 0 Å². The van der Waals surface area contributed by atoms with E-state index in [4.69, 9.17) is 14.5 Å². The summed E-state index contributed by atoms with van der Waals surface area (Å²) < 4.78 is 38.0. The molecule has 0 aliphatic heterocycles. The molecule has 1 heterocycles. The standard InChI is InChI=1S/C24H25N3O4S/c1-4-14-32(28,29)27-16-12-13-20(22(15-16)31-3)26-23-17-8-5-6-10-19(17)25-24-18(23)9-7-11-21(24)30-2/h5-13,15,27H,4,14H2,1-3H3,(H,25,26). The van der Waals surface area contributed by atoms with Crippen LogP contribution in [0.4, 0.5) is 17.1 Å². The molecule has 0 spiro atoms. The number of pyridine rings is 1. The summed E-state index contributed by atoms with van der Waals surface area (Å²) in [4.78, 5) is 4.79.